The second kappa shape index (κ2) is 4.57. The van der Waals surface area contributed by atoms with Gasteiger partial charge in [0.05, 0.1) is 6.42 Å². The smallest absolute Gasteiger partial charge is 0.251 e. The molecule has 1 aliphatic rings. The first-order chi connectivity index (χ1) is 8.13. The zero-order valence-electron chi connectivity index (χ0n) is 10.1. The Morgan fingerprint density at radius 2 is 2.06 bits per heavy atom. The Morgan fingerprint density at radius 3 is 2.65 bits per heavy atom. The average Bonchev–Trinajstić information content (AvgIpc) is 2.58. The van der Waals surface area contributed by atoms with E-state index < -0.39 is 6.04 Å². The predicted octanol–water partition coefficient (Wildman–Crippen LogP) is 1.42. The van der Waals surface area contributed by atoms with Crippen LogP contribution in [0.15, 0.2) is 24.3 Å². The number of nitrogens with zero attached hydrogens (tertiary/aromatic N) is 1. The van der Waals surface area contributed by atoms with E-state index in [4.69, 9.17) is 0 Å². The molecule has 90 valence electrons. The van der Waals surface area contributed by atoms with Crippen LogP contribution in [0, 0.1) is 0 Å². The normalized spacial score (nSPS) is 19.9. The lowest BCUT2D eigenvalue weighted by molar-refractivity contribution is -0.136. The first-order valence-electron chi connectivity index (χ1n) is 5.78. The van der Waals surface area contributed by atoms with E-state index in [1.54, 1.807) is 0 Å². The number of carbonyl (C=O) groups excluding carboxylic acids is 2. The maximum absolute atomic E-state index is 11.8. The lowest BCUT2D eigenvalue weighted by Crippen LogP contribution is -2.32. The zero-order valence-corrected chi connectivity index (χ0v) is 10.1. The number of carbonyl (C=O) groups is 2. The SMILES string of the molecule is CCc1ccccc1NC1CC(=O)N(C)C1=O. The van der Waals surface area contributed by atoms with Crippen molar-refractivity contribution in [2.45, 2.75) is 25.8 Å². The number of anilines is 1. The number of likely N-dealkylation sites (N-methyl/N-ethyl adjacent to an activating group) is 1. The number of amides is 2. The molecule has 1 aromatic rings. The minimum atomic E-state index is -0.416. The fourth-order valence-corrected chi connectivity index (χ4v) is 2.03. The van der Waals surface area contributed by atoms with Gasteiger partial charge in [0.15, 0.2) is 0 Å². The van der Waals surface area contributed by atoms with Crippen molar-refractivity contribution in [3.8, 4) is 0 Å². The lowest BCUT2D eigenvalue weighted by atomic mass is 10.1. The molecule has 4 heteroatoms. The molecule has 0 aromatic heterocycles. The quantitative estimate of drug-likeness (QED) is 0.802. The first kappa shape index (κ1) is 11.6. The Balaban J connectivity index is 2.17. The maximum Gasteiger partial charge on any atom is 0.251 e. The van der Waals surface area contributed by atoms with Crippen LogP contribution in [0.2, 0.25) is 0 Å². The lowest BCUT2D eigenvalue weighted by Gasteiger charge is -2.15. The molecule has 1 fully saturated rings. The summed E-state index contributed by atoms with van der Waals surface area (Å²) in [5.41, 5.74) is 2.10. The molecule has 17 heavy (non-hydrogen) atoms. The van der Waals surface area contributed by atoms with Crippen LogP contribution in [-0.4, -0.2) is 29.8 Å². The fourth-order valence-electron chi connectivity index (χ4n) is 2.03. The van der Waals surface area contributed by atoms with Crippen LogP contribution in [0.1, 0.15) is 18.9 Å². The van der Waals surface area contributed by atoms with Crippen molar-refractivity contribution in [3.63, 3.8) is 0 Å². The highest BCUT2D eigenvalue weighted by Crippen LogP contribution is 2.20. The van der Waals surface area contributed by atoms with Crippen molar-refractivity contribution in [1.82, 2.24) is 4.90 Å². The van der Waals surface area contributed by atoms with E-state index in [9.17, 15) is 9.59 Å². The number of hydrogen-bond acceptors (Lipinski definition) is 3. The number of rotatable bonds is 3. The summed E-state index contributed by atoms with van der Waals surface area (Å²) in [5, 5.41) is 3.16. The van der Waals surface area contributed by atoms with Crippen LogP contribution in [0.4, 0.5) is 5.69 Å². The Labute approximate surface area is 101 Å². The highest BCUT2D eigenvalue weighted by molar-refractivity contribution is 6.06. The van der Waals surface area contributed by atoms with Crippen LogP contribution < -0.4 is 5.32 Å². The molecule has 1 aliphatic heterocycles. The Morgan fingerprint density at radius 1 is 1.35 bits per heavy atom. The third kappa shape index (κ3) is 2.16. The minimum absolute atomic E-state index is 0.124. The maximum atomic E-state index is 11.8. The van der Waals surface area contributed by atoms with Gasteiger partial charge in [0.25, 0.3) is 5.91 Å². The number of benzene rings is 1. The molecule has 0 saturated carbocycles. The minimum Gasteiger partial charge on any atom is -0.373 e. The van der Waals surface area contributed by atoms with Gasteiger partial charge in [-0.05, 0) is 18.1 Å². The summed E-state index contributed by atoms with van der Waals surface area (Å²) in [6.45, 7) is 2.06. The molecule has 1 N–H and O–H groups in total. The van der Waals surface area contributed by atoms with Gasteiger partial charge in [-0.15, -0.1) is 0 Å². The number of nitrogens with one attached hydrogen (secondary N) is 1. The van der Waals surface area contributed by atoms with Crippen molar-refractivity contribution in [2.24, 2.45) is 0 Å². The van der Waals surface area contributed by atoms with Gasteiger partial charge in [-0.1, -0.05) is 25.1 Å². The van der Waals surface area contributed by atoms with E-state index in [1.807, 2.05) is 24.3 Å². The second-order valence-electron chi connectivity index (χ2n) is 4.20. The van der Waals surface area contributed by atoms with Crippen molar-refractivity contribution in [1.29, 1.82) is 0 Å². The fraction of sp³-hybridized carbons (Fsp3) is 0.385. The van der Waals surface area contributed by atoms with E-state index >= 15 is 0 Å². The highest BCUT2D eigenvalue weighted by atomic mass is 16.2. The number of hydrogen-bond donors (Lipinski definition) is 1. The summed E-state index contributed by atoms with van der Waals surface area (Å²) < 4.78 is 0. The molecule has 0 spiro atoms. The predicted molar refractivity (Wildman–Crippen MR) is 65.6 cm³/mol. The molecule has 0 aliphatic carbocycles. The third-order valence-electron chi connectivity index (χ3n) is 3.11. The van der Waals surface area contributed by atoms with Crippen molar-refractivity contribution in [3.05, 3.63) is 29.8 Å². The molecule has 1 saturated heterocycles. The van der Waals surface area contributed by atoms with E-state index in [0.717, 1.165) is 17.7 Å². The molecular weight excluding hydrogens is 216 g/mol. The first-order valence-corrected chi connectivity index (χ1v) is 5.78. The van der Waals surface area contributed by atoms with Gasteiger partial charge in [-0.3, -0.25) is 14.5 Å². The molecule has 2 amide bonds. The average molecular weight is 232 g/mol. The van der Waals surface area contributed by atoms with Crippen molar-refractivity contribution >= 4 is 17.5 Å². The van der Waals surface area contributed by atoms with E-state index in [-0.39, 0.29) is 18.2 Å². The third-order valence-corrected chi connectivity index (χ3v) is 3.11. The summed E-state index contributed by atoms with van der Waals surface area (Å²) in [4.78, 5) is 24.4. The molecule has 4 nitrogen and oxygen atoms in total. The number of likely N-dealkylation sites (tertiary alicyclic amines) is 1. The van der Waals surface area contributed by atoms with E-state index in [2.05, 4.69) is 12.2 Å². The van der Waals surface area contributed by atoms with E-state index in [0.29, 0.717) is 0 Å². The summed E-state index contributed by atoms with van der Waals surface area (Å²) in [5.74, 6) is -0.276. The molecular formula is C13H16N2O2. The molecule has 1 atom stereocenters. The molecule has 0 bridgehead atoms. The highest BCUT2D eigenvalue weighted by Gasteiger charge is 2.35. The Hall–Kier alpha value is -1.84. The van der Waals surface area contributed by atoms with E-state index in [1.165, 1.54) is 11.9 Å². The number of para-hydroxylation sites is 1. The topological polar surface area (TPSA) is 49.4 Å². The van der Waals surface area contributed by atoms with Crippen LogP contribution in [-0.2, 0) is 16.0 Å². The summed E-state index contributed by atoms with van der Waals surface area (Å²) in [6, 6.07) is 7.44. The number of imide groups is 1. The molecule has 1 aromatic carbocycles. The van der Waals surface area contributed by atoms with Crippen LogP contribution in [0.3, 0.4) is 0 Å². The number of aryl methyl sites for hydroxylation is 1. The van der Waals surface area contributed by atoms with Crippen molar-refractivity contribution in [2.75, 3.05) is 12.4 Å². The Bertz CT molecular complexity index is 456. The summed E-state index contributed by atoms with van der Waals surface area (Å²) in [6.07, 6.45) is 1.14. The molecule has 1 heterocycles. The van der Waals surface area contributed by atoms with Gasteiger partial charge in [0.2, 0.25) is 5.91 Å². The molecule has 2 rings (SSSR count). The van der Waals surface area contributed by atoms with Crippen LogP contribution >= 0.6 is 0 Å². The molecule has 0 radical (unpaired) electrons. The monoisotopic (exact) mass is 232 g/mol. The van der Waals surface area contributed by atoms with Gasteiger partial charge in [-0.2, -0.15) is 0 Å². The Kier molecular flexibility index (Phi) is 3.13. The summed E-state index contributed by atoms with van der Waals surface area (Å²) >= 11 is 0. The van der Waals surface area contributed by atoms with Gasteiger partial charge < -0.3 is 5.32 Å². The largest absolute Gasteiger partial charge is 0.373 e. The second-order valence-corrected chi connectivity index (χ2v) is 4.20. The van der Waals surface area contributed by atoms with Crippen LogP contribution in [0.5, 0.6) is 0 Å². The standard InChI is InChI=1S/C13H16N2O2/c1-3-9-6-4-5-7-10(9)14-11-8-12(16)15(2)13(11)17/h4-7,11,14H,3,8H2,1-2H3. The van der Waals surface area contributed by atoms with Crippen molar-refractivity contribution < 1.29 is 9.59 Å². The van der Waals surface area contributed by atoms with Gasteiger partial charge in [0, 0.05) is 12.7 Å². The zero-order chi connectivity index (χ0) is 12.4. The molecule has 1 unspecified atom stereocenters. The van der Waals surface area contributed by atoms with Gasteiger partial charge in [-0.25, -0.2) is 0 Å². The van der Waals surface area contributed by atoms with Gasteiger partial charge >= 0.3 is 0 Å². The summed E-state index contributed by atoms with van der Waals surface area (Å²) in [7, 11) is 1.53. The van der Waals surface area contributed by atoms with Gasteiger partial charge in [0.1, 0.15) is 6.04 Å². The van der Waals surface area contributed by atoms with Crippen LogP contribution in [0.25, 0.3) is 0 Å².